The summed E-state index contributed by atoms with van der Waals surface area (Å²) in [6.07, 6.45) is 0.342. The molecule has 35 heavy (non-hydrogen) atoms. The fourth-order valence-corrected chi connectivity index (χ4v) is 3.78. The third-order valence-corrected chi connectivity index (χ3v) is 5.90. The molecule has 5 N–H and O–H groups in total. The Morgan fingerprint density at radius 1 is 0.971 bits per heavy atom. The minimum Gasteiger partial charge on any atom is -0.508 e. The van der Waals surface area contributed by atoms with Crippen LogP contribution in [0.15, 0.2) is 66.7 Å². The molecule has 0 saturated carbocycles. The number of nitrogens with one attached hydrogen (secondary N) is 2. The first kappa shape index (κ1) is 26.2. The summed E-state index contributed by atoms with van der Waals surface area (Å²) in [4.78, 5) is 12.3. The van der Waals surface area contributed by atoms with Crippen molar-refractivity contribution in [3.8, 4) is 11.5 Å². The van der Waals surface area contributed by atoms with E-state index in [-0.39, 0.29) is 24.3 Å². The standard InChI is InChI=1S/C28H34N2O5/c1-19(29-17-27(33)23-9-12-26(32)24(15-23)18-31)13-20-3-5-21(6-4-20)14-28(34)30-16-22-7-10-25(35-2)11-8-22/h3-12,15,19,27,29,31-33H,13-14,16-18H2,1-2H3,(H,30,34)/t19-,27-/m1/s1. The molecule has 3 rings (SSSR count). The predicted molar refractivity (Wildman–Crippen MR) is 135 cm³/mol. The van der Waals surface area contributed by atoms with Crippen LogP contribution in [0.1, 0.15) is 40.8 Å². The quantitative estimate of drug-likeness (QED) is 0.274. The number of aromatic hydroxyl groups is 1. The van der Waals surface area contributed by atoms with Gasteiger partial charge in [0, 0.05) is 24.7 Å². The van der Waals surface area contributed by atoms with E-state index in [4.69, 9.17) is 4.74 Å². The van der Waals surface area contributed by atoms with Crippen LogP contribution in [0.25, 0.3) is 0 Å². The Kier molecular flexibility index (Phi) is 9.66. The maximum Gasteiger partial charge on any atom is 0.224 e. The molecule has 0 saturated heterocycles. The van der Waals surface area contributed by atoms with E-state index in [2.05, 4.69) is 10.6 Å². The van der Waals surface area contributed by atoms with Crippen LogP contribution in [-0.2, 0) is 30.8 Å². The zero-order valence-corrected chi connectivity index (χ0v) is 20.2. The number of hydrogen-bond acceptors (Lipinski definition) is 6. The zero-order valence-electron chi connectivity index (χ0n) is 20.2. The monoisotopic (exact) mass is 478 g/mol. The number of hydrogen-bond donors (Lipinski definition) is 5. The van der Waals surface area contributed by atoms with Gasteiger partial charge in [0.2, 0.25) is 5.91 Å². The number of ether oxygens (including phenoxy) is 1. The Hall–Kier alpha value is -3.39. The van der Waals surface area contributed by atoms with Gasteiger partial charge in [-0.15, -0.1) is 0 Å². The fraction of sp³-hybridized carbons (Fsp3) is 0.321. The van der Waals surface area contributed by atoms with Crippen molar-refractivity contribution in [3.63, 3.8) is 0 Å². The summed E-state index contributed by atoms with van der Waals surface area (Å²) in [6.45, 7) is 2.59. The van der Waals surface area contributed by atoms with Gasteiger partial charge in [0.05, 0.1) is 26.2 Å². The SMILES string of the molecule is COc1ccc(CNC(=O)Cc2ccc(C[C@@H](C)NC[C@@H](O)c3ccc(O)c(CO)c3)cc2)cc1. The van der Waals surface area contributed by atoms with E-state index in [1.807, 2.05) is 55.5 Å². The molecule has 2 atom stereocenters. The lowest BCUT2D eigenvalue weighted by Gasteiger charge is -2.18. The van der Waals surface area contributed by atoms with Crippen LogP contribution in [0.5, 0.6) is 11.5 Å². The molecule has 0 aliphatic rings. The highest BCUT2D eigenvalue weighted by atomic mass is 16.5. The molecule has 3 aromatic carbocycles. The molecule has 0 fully saturated rings. The van der Waals surface area contributed by atoms with Crippen molar-refractivity contribution in [2.45, 2.75) is 45.1 Å². The lowest BCUT2D eigenvalue weighted by Crippen LogP contribution is -2.32. The number of aliphatic hydroxyl groups excluding tert-OH is 2. The summed E-state index contributed by atoms with van der Waals surface area (Å²) in [7, 11) is 1.62. The Morgan fingerprint density at radius 2 is 1.63 bits per heavy atom. The Balaban J connectivity index is 1.42. The van der Waals surface area contributed by atoms with Gasteiger partial charge < -0.3 is 30.7 Å². The number of rotatable bonds is 12. The molecular formula is C28H34N2O5. The summed E-state index contributed by atoms with van der Waals surface area (Å²) >= 11 is 0. The van der Waals surface area contributed by atoms with Gasteiger partial charge in [0.1, 0.15) is 11.5 Å². The second kappa shape index (κ2) is 12.9. The first-order chi connectivity index (χ1) is 16.9. The second-order valence-corrected chi connectivity index (χ2v) is 8.69. The second-order valence-electron chi connectivity index (χ2n) is 8.69. The molecule has 0 aliphatic heterocycles. The van der Waals surface area contributed by atoms with Crippen molar-refractivity contribution in [2.75, 3.05) is 13.7 Å². The molecule has 0 aromatic heterocycles. The normalized spacial score (nSPS) is 12.7. The van der Waals surface area contributed by atoms with Gasteiger partial charge in [0.15, 0.2) is 0 Å². The van der Waals surface area contributed by atoms with E-state index in [0.717, 1.165) is 28.9 Å². The number of aliphatic hydroxyl groups is 2. The number of methoxy groups -OCH3 is 1. The van der Waals surface area contributed by atoms with Crippen LogP contribution in [-0.4, -0.2) is 40.9 Å². The Labute approximate surface area is 206 Å². The van der Waals surface area contributed by atoms with Gasteiger partial charge in [-0.2, -0.15) is 0 Å². The first-order valence-corrected chi connectivity index (χ1v) is 11.7. The van der Waals surface area contributed by atoms with Crippen molar-refractivity contribution in [1.82, 2.24) is 10.6 Å². The van der Waals surface area contributed by atoms with E-state index in [1.54, 1.807) is 19.2 Å². The van der Waals surface area contributed by atoms with Crippen molar-refractivity contribution < 1.29 is 24.9 Å². The summed E-state index contributed by atoms with van der Waals surface area (Å²) in [5, 5.41) is 35.7. The molecular weight excluding hydrogens is 444 g/mol. The van der Waals surface area contributed by atoms with E-state index in [9.17, 15) is 20.1 Å². The highest BCUT2D eigenvalue weighted by Crippen LogP contribution is 2.22. The Bertz CT molecular complexity index is 1080. The lowest BCUT2D eigenvalue weighted by molar-refractivity contribution is -0.120. The number of benzene rings is 3. The number of carbonyl (C=O) groups is 1. The van der Waals surface area contributed by atoms with Gasteiger partial charge >= 0.3 is 0 Å². The molecule has 0 bridgehead atoms. The fourth-order valence-electron chi connectivity index (χ4n) is 3.78. The predicted octanol–water partition coefficient (Wildman–Crippen LogP) is 3.01. The van der Waals surface area contributed by atoms with Gasteiger partial charge in [-0.05, 0) is 59.9 Å². The summed E-state index contributed by atoms with van der Waals surface area (Å²) in [6, 6.07) is 20.4. The lowest BCUT2D eigenvalue weighted by atomic mass is 10.0. The molecule has 1 amide bonds. The minimum absolute atomic E-state index is 0.0166. The zero-order chi connectivity index (χ0) is 25.2. The van der Waals surface area contributed by atoms with Crippen LogP contribution in [0.3, 0.4) is 0 Å². The minimum atomic E-state index is -0.748. The molecule has 0 aliphatic carbocycles. The third kappa shape index (κ3) is 8.10. The molecule has 3 aromatic rings. The number of phenols is 1. The number of amides is 1. The maximum atomic E-state index is 12.3. The van der Waals surface area contributed by atoms with E-state index < -0.39 is 6.10 Å². The maximum absolute atomic E-state index is 12.3. The molecule has 0 heterocycles. The van der Waals surface area contributed by atoms with Crippen LogP contribution < -0.4 is 15.4 Å². The molecule has 0 spiro atoms. The molecule has 186 valence electrons. The summed E-state index contributed by atoms with van der Waals surface area (Å²) in [5.74, 6) is 0.772. The van der Waals surface area contributed by atoms with Crippen LogP contribution >= 0.6 is 0 Å². The Morgan fingerprint density at radius 3 is 2.29 bits per heavy atom. The smallest absolute Gasteiger partial charge is 0.224 e. The first-order valence-electron chi connectivity index (χ1n) is 11.7. The van der Waals surface area contributed by atoms with Crippen molar-refractivity contribution in [1.29, 1.82) is 0 Å². The van der Waals surface area contributed by atoms with Gasteiger partial charge in [-0.1, -0.05) is 42.5 Å². The van der Waals surface area contributed by atoms with Gasteiger partial charge in [-0.3, -0.25) is 4.79 Å². The summed E-state index contributed by atoms with van der Waals surface area (Å²) < 4.78 is 5.14. The largest absolute Gasteiger partial charge is 0.508 e. The third-order valence-electron chi connectivity index (χ3n) is 5.90. The highest BCUT2D eigenvalue weighted by Gasteiger charge is 2.12. The number of carbonyl (C=O) groups excluding carboxylic acids is 1. The molecule has 7 heteroatoms. The van der Waals surface area contributed by atoms with Crippen molar-refractivity contribution in [2.24, 2.45) is 0 Å². The van der Waals surface area contributed by atoms with Crippen LogP contribution in [0.2, 0.25) is 0 Å². The van der Waals surface area contributed by atoms with E-state index in [1.165, 1.54) is 6.07 Å². The van der Waals surface area contributed by atoms with Crippen LogP contribution in [0.4, 0.5) is 0 Å². The highest BCUT2D eigenvalue weighted by molar-refractivity contribution is 5.78. The summed E-state index contributed by atoms with van der Waals surface area (Å²) in [5.41, 5.74) is 4.13. The molecule has 7 nitrogen and oxygen atoms in total. The van der Waals surface area contributed by atoms with Gasteiger partial charge in [-0.25, -0.2) is 0 Å². The van der Waals surface area contributed by atoms with E-state index >= 15 is 0 Å². The van der Waals surface area contributed by atoms with Crippen LogP contribution in [0, 0.1) is 0 Å². The average Bonchev–Trinajstić information content (AvgIpc) is 2.87. The topological polar surface area (TPSA) is 111 Å². The van der Waals surface area contributed by atoms with Gasteiger partial charge in [0.25, 0.3) is 0 Å². The van der Waals surface area contributed by atoms with Crippen molar-refractivity contribution >= 4 is 5.91 Å². The van der Waals surface area contributed by atoms with E-state index in [0.29, 0.717) is 30.6 Å². The average molecular weight is 479 g/mol. The molecule has 0 unspecified atom stereocenters. The van der Waals surface area contributed by atoms with Crippen molar-refractivity contribution in [3.05, 3.63) is 94.5 Å². The molecule has 0 radical (unpaired) electrons.